The molecule has 3 rings (SSSR count). The molecule has 0 spiro atoms. The van der Waals surface area contributed by atoms with Crippen LogP contribution in [0.15, 0.2) is 16.9 Å². The number of aliphatic hydroxyl groups excluding tert-OH is 1. The molecule has 3 heterocycles. The van der Waals surface area contributed by atoms with Crippen molar-refractivity contribution in [2.24, 2.45) is 0 Å². The van der Waals surface area contributed by atoms with Gasteiger partial charge in [-0.15, -0.1) is 5.10 Å². The molecule has 0 aliphatic heterocycles. The number of nitrogens with one attached hydrogen (secondary N) is 1. The number of halogens is 4. The van der Waals surface area contributed by atoms with Crippen LogP contribution in [-0.4, -0.2) is 54.7 Å². The molecule has 3 aromatic heterocycles. The second kappa shape index (κ2) is 10.5. The monoisotopic (exact) mass is 528 g/mol. The second-order valence-corrected chi connectivity index (χ2v) is 7.84. The summed E-state index contributed by atoms with van der Waals surface area (Å²) in [7, 11) is 1.34. The first kappa shape index (κ1) is 27.6. The summed E-state index contributed by atoms with van der Waals surface area (Å²) in [5.74, 6) is -3.97. The van der Waals surface area contributed by atoms with E-state index in [-0.39, 0.29) is 23.8 Å². The first-order chi connectivity index (χ1) is 17.3. The van der Waals surface area contributed by atoms with E-state index in [2.05, 4.69) is 20.4 Å². The van der Waals surface area contributed by atoms with E-state index in [4.69, 9.17) is 9.47 Å². The summed E-state index contributed by atoms with van der Waals surface area (Å²) in [6.45, 7) is 4.89. The largest absolute Gasteiger partial charge is 0.494 e. The van der Waals surface area contributed by atoms with E-state index in [1.807, 2.05) is 0 Å². The number of aromatic nitrogens is 5. The summed E-state index contributed by atoms with van der Waals surface area (Å²) >= 11 is 0. The second-order valence-electron chi connectivity index (χ2n) is 7.84. The number of amides is 1. The Balaban J connectivity index is 2.16. The van der Waals surface area contributed by atoms with Gasteiger partial charge >= 0.3 is 11.9 Å². The Morgan fingerprint density at radius 2 is 1.92 bits per heavy atom. The lowest BCUT2D eigenvalue weighted by atomic mass is 10.2. The van der Waals surface area contributed by atoms with Crippen molar-refractivity contribution in [3.05, 3.63) is 51.2 Å². The van der Waals surface area contributed by atoms with Crippen molar-refractivity contribution in [3.8, 4) is 17.4 Å². The lowest BCUT2D eigenvalue weighted by Gasteiger charge is -2.20. The van der Waals surface area contributed by atoms with Crippen LogP contribution in [0.2, 0.25) is 0 Å². The average Bonchev–Trinajstić information content (AvgIpc) is 3.15. The van der Waals surface area contributed by atoms with E-state index < -0.39 is 53.6 Å². The number of aliphatic hydroxyl groups is 1. The third-order valence-corrected chi connectivity index (χ3v) is 5.26. The molecular weight excluding hydrogens is 504 g/mol. The maximum atomic E-state index is 15.2. The van der Waals surface area contributed by atoms with Crippen LogP contribution in [0, 0.1) is 19.7 Å². The summed E-state index contributed by atoms with van der Waals surface area (Å²) in [6, 6.07) is 2.10. The standard InChI is InChI=1S/C22H24F4N6O5/c1-6-31-16(9-33)30-32(21(31)35)18-14(23)8-13(20(29-18)37-12(4)22(24,25)26)19(34)28-17-11(3)27-10(2)7-15(17)36-5/h7-8,12,33H,6,9H2,1-5H3,(H,28,34)/t12-/m0/s1. The summed E-state index contributed by atoms with van der Waals surface area (Å²) in [5, 5.41) is 15.7. The van der Waals surface area contributed by atoms with Crippen molar-refractivity contribution < 1.29 is 36.9 Å². The zero-order chi connectivity index (χ0) is 27.7. The SMILES string of the molecule is CCn1c(CO)nn(-c2nc(O[C@@H](C)C(F)(F)F)c(C(=O)Nc3c(OC)cc(C)nc3C)cc2F)c1=O. The third kappa shape index (κ3) is 5.55. The van der Waals surface area contributed by atoms with E-state index in [9.17, 15) is 27.9 Å². The van der Waals surface area contributed by atoms with Crippen molar-refractivity contribution in [1.29, 1.82) is 0 Å². The van der Waals surface area contributed by atoms with Gasteiger partial charge in [0.25, 0.3) is 5.91 Å². The first-order valence-corrected chi connectivity index (χ1v) is 10.9. The van der Waals surface area contributed by atoms with Gasteiger partial charge in [0.2, 0.25) is 5.88 Å². The highest BCUT2D eigenvalue weighted by Gasteiger charge is 2.39. The van der Waals surface area contributed by atoms with Crippen LogP contribution in [0.1, 0.15) is 41.4 Å². The maximum Gasteiger partial charge on any atom is 0.425 e. The van der Waals surface area contributed by atoms with E-state index in [0.29, 0.717) is 29.1 Å². The van der Waals surface area contributed by atoms with Gasteiger partial charge < -0.3 is 19.9 Å². The molecular formula is C22H24F4N6O5. The highest BCUT2D eigenvalue weighted by molar-refractivity contribution is 6.07. The summed E-state index contributed by atoms with van der Waals surface area (Å²) in [4.78, 5) is 33.7. The predicted molar refractivity (Wildman–Crippen MR) is 122 cm³/mol. The fraction of sp³-hybridized carbons (Fsp3) is 0.409. The van der Waals surface area contributed by atoms with E-state index in [0.717, 1.165) is 4.57 Å². The smallest absolute Gasteiger partial charge is 0.425 e. The normalized spacial score (nSPS) is 12.4. The highest BCUT2D eigenvalue weighted by atomic mass is 19.4. The molecule has 1 amide bonds. The number of hydrogen-bond donors (Lipinski definition) is 2. The Labute approximate surface area is 207 Å². The molecule has 0 aliphatic rings. The van der Waals surface area contributed by atoms with Gasteiger partial charge in [0, 0.05) is 18.3 Å². The van der Waals surface area contributed by atoms with Crippen LogP contribution in [0.25, 0.3) is 5.82 Å². The molecule has 0 saturated heterocycles. The van der Waals surface area contributed by atoms with Crippen molar-refractivity contribution in [3.63, 3.8) is 0 Å². The minimum absolute atomic E-state index is 0.0665. The Morgan fingerprint density at radius 3 is 2.46 bits per heavy atom. The predicted octanol–water partition coefficient (Wildman–Crippen LogP) is 2.68. The number of pyridine rings is 2. The number of anilines is 1. The minimum Gasteiger partial charge on any atom is -0.494 e. The zero-order valence-electron chi connectivity index (χ0n) is 20.5. The minimum atomic E-state index is -4.85. The molecule has 37 heavy (non-hydrogen) atoms. The van der Waals surface area contributed by atoms with Crippen LogP contribution < -0.4 is 20.5 Å². The van der Waals surface area contributed by atoms with Gasteiger partial charge in [0.05, 0.1) is 12.8 Å². The highest BCUT2D eigenvalue weighted by Crippen LogP contribution is 2.31. The molecule has 3 aromatic rings. The number of nitrogens with zero attached hydrogens (tertiary/aromatic N) is 5. The van der Waals surface area contributed by atoms with E-state index >= 15 is 4.39 Å². The Kier molecular flexibility index (Phi) is 7.86. The van der Waals surface area contributed by atoms with E-state index in [1.165, 1.54) is 13.2 Å². The first-order valence-electron chi connectivity index (χ1n) is 10.9. The average molecular weight is 528 g/mol. The Hall–Kier alpha value is -4.01. The summed E-state index contributed by atoms with van der Waals surface area (Å²) < 4.78 is 66.6. The molecule has 0 aliphatic carbocycles. The third-order valence-electron chi connectivity index (χ3n) is 5.26. The number of aryl methyl sites for hydroxylation is 2. The fourth-order valence-electron chi connectivity index (χ4n) is 3.39. The van der Waals surface area contributed by atoms with Gasteiger partial charge in [-0.1, -0.05) is 0 Å². The molecule has 0 saturated carbocycles. The molecule has 1 atom stereocenters. The molecule has 0 radical (unpaired) electrons. The molecule has 0 unspecified atom stereocenters. The topological polar surface area (TPSA) is 133 Å². The summed E-state index contributed by atoms with van der Waals surface area (Å²) in [6.07, 6.45) is -7.30. The van der Waals surface area contributed by atoms with Gasteiger partial charge in [0.1, 0.15) is 23.6 Å². The molecule has 2 N–H and O–H groups in total. The number of carbonyl (C=O) groups excluding carboxylic acids is 1. The van der Waals surface area contributed by atoms with Crippen molar-refractivity contribution in [1.82, 2.24) is 24.3 Å². The number of carbonyl (C=O) groups is 1. The number of rotatable bonds is 8. The number of methoxy groups -OCH3 is 1. The molecule has 0 aromatic carbocycles. The van der Waals surface area contributed by atoms with Gasteiger partial charge in [-0.2, -0.15) is 22.8 Å². The summed E-state index contributed by atoms with van der Waals surface area (Å²) in [5.41, 5.74) is -0.593. The van der Waals surface area contributed by atoms with Gasteiger partial charge in [-0.05, 0) is 33.8 Å². The lowest BCUT2D eigenvalue weighted by molar-refractivity contribution is -0.190. The molecule has 0 fully saturated rings. The van der Waals surface area contributed by atoms with E-state index in [1.54, 1.807) is 20.8 Å². The van der Waals surface area contributed by atoms with Crippen molar-refractivity contribution in [2.45, 2.75) is 53.1 Å². The van der Waals surface area contributed by atoms with Gasteiger partial charge in [-0.3, -0.25) is 14.3 Å². The molecule has 0 bridgehead atoms. The zero-order valence-corrected chi connectivity index (χ0v) is 20.5. The number of ether oxygens (including phenoxy) is 2. The van der Waals surface area contributed by atoms with Crippen molar-refractivity contribution in [2.75, 3.05) is 12.4 Å². The van der Waals surface area contributed by atoms with Gasteiger partial charge in [0.15, 0.2) is 23.6 Å². The Bertz CT molecular complexity index is 1390. The fourth-order valence-corrected chi connectivity index (χ4v) is 3.39. The molecule has 15 heteroatoms. The molecule has 200 valence electrons. The van der Waals surface area contributed by atoms with Gasteiger partial charge in [-0.25, -0.2) is 9.18 Å². The van der Waals surface area contributed by atoms with Crippen LogP contribution in [-0.2, 0) is 13.2 Å². The number of hydrogen-bond acceptors (Lipinski definition) is 8. The van der Waals surface area contributed by atoms with Crippen LogP contribution >= 0.6 is 0 Å². The van der Waals surface area contributed by atoms with Crippen LogP contribution in [0.3, 0.4) is 0 Å². The van der Waals surface area contributed by atoms with Crippen LogP contribution in [0.4, 0.5) is 23.2 Å². The Morgan fingerprint density at radius 1 is 1.24 bits per heavy atom. The van der Waals surface area contributed by atoms with Crippen LogP contribution in [0.5, 0.6) is 11.6 Å². The lowest BCUT2D eigenvalue weighted by Crippen LogP contribution is -2.33. The number of alkyl halides is 3. The quantitative estimate of drug-likeness (QED) is 0.427. The molecule has 11 nitrogen and oxygen atoms in total. The van der Waals surface area contributed by atoms with Crippen molar-refractivity contribution >= 4 is 11.6 Å². The maximum absolute atomic E-state index is 15.2.